The van der Waals surface area contributed by atoms with Crippen molar-refractivity contribution in [2.45, 2.75) is 25.8 Å². The van der Waals surface area contributed by atoms with Crippen LogP contribution in [0.1, 0.15) is 19.8 Å². The van der Waals surface area contributed by atoms with Gasteiger partial charge < -0.3 is 19.6 Å². The lowest BCUT2D eigenvalue weighted by Gasteiger charge is -2.28. The molecule has 0 rings (SSSR count). The number of carbonyl (C=O) groups excluding carboxylic acids is 1. The second-order valence-electron chi connectivity index (χ2n) is 3.92. The quantitative estimate of drug-likeness (QED) is 0.677. The Bertz CT molecular complexity index is 258. The molecule has 0 aromatic carbocycles. The molecule has 100 valence electrons. The Labute approximate surface area is 102 Å². The number of likely N-dealkylation sites (N-methyl/N-ethyl adjacent to an activating group) is 1. The van der Waals surface area contributed by atoms with Gasteiger partial charge in [-0.15, -0.1) is 0 Å². The molecule has 1 unspecified atom stereocenters. The first-order chi connectivity index (χ1) is 7.95. The summed E-state index contributed by atoms with van der Waals surface area (Å²) in [5.41, 5.74) is 0. The second-order valence-corrected chi connectivity index (χ2v) is 3.92. The van der Waals surface area contributed by atoms with Crippen molar-refractivity contribution in [2.24, 2.45) is 0 Å². The minimum Gasteiger partial charge on any atom is -0.480 e. The fourth-order valence-corrected chi connectivity index (χ4v) is 1.56. The van der Waals surface area contributed by atoms with E-state index in [1.807, 2.05) is 0 Å². The van der Waals surface area contributed by atoms with Crippen LogP contribution in [-0.2, 0) is 9.53 Å². The predicted molar refractivity (Wildman–Crippen MR) is 64.0 cm³/mol. The van der Waals surface area contributed by atoms with Crippen molar-refractivity contribution in [3.05, 3.63) is 0 Å². The summed E-state index contributed by atoms with van der Waals surface area (Å²) in [6.07, 6.45) is 1.12. The summed E-state index contributed by atoms with van der Waals surface area (Å²) >= 11 is 0. The first-order valence-electron chi connectivity index (χ1n) is 5.65. The third-order valence-corrected chi connectivity index (χ3v) is 2.61. The minimum atomic E-state index is -0.978. The monoisotopic (exact) mass is 246 g/mol. The Kier molecular flexibility index (Phi) is 7.29. The van der Waals surface area contributed by atoms with Gasteiger partial charge in [-0.2, -0.15) is 0 Å². The number of carboxylic acid groups (broad SMARTS) is 1. The normalized spacial score (nSPS) is 12.0. The van der Waals surface area contributed by atoms with Crippen molar-refractivity contribution in [1.82, 2.24) is 9.80 Å². The summed E-state index contributed by atoms with van der Waals surface area (Å²) in [5.74, 6) is -0.978. The summed E-state index contributed by atoms with van der Waals surface area (Å²) in [5, 5.41) is 8.96. The summed E-state index contributed by atoms with van der Waals surface area (Å²) < 4.78 is 4.89. The molecule has 0 fully saturated rings. The molecule has 0 aliphatic rings. The van der Waals surface area contributed by atoms with E-state index in [9.17, 15) is 9.59 Å². The fraction of sp³-hybridized carbons (Fsp3) is 0.818. The Balaban J connectivity index is 4.31. The molecule has 1 N–H and O–H groups in total. The molecule has 0 aromatic rings. The van der Waals surface area contributed by atoms with E-state index in [1.54, 1.807) is 21.1 Å². The maximum absolute atomic E-state index is 11.9. The summed E-state index contributed by atoms with van der Waals surface area (Å²) in [4.78, 5) is 25.6. The molecule has 0 spiro atoms. The zero-order chi connectivity index (χ0) is 13.4. The zero-order valence-electron chi connectivity index (χ0n) is 11.0. The number of ether oxygens (including phenoxy) is 1. The van der Waals surface area contributed by atoms with Crippen LogP contribution in [0.25, 0.3) is 0 Å². The smallest absolute Gasteiger partial charge is 0.326 e. The van der Waals surface area contributed by atoms with Crippen molar-refractivity contribution < 1.29 is 19.4 Å². The van der Waals surface area contributed by atoms with Crippen LogP contribution in [0.4, 0.5) is 4.79 Å². The minimum absolute atomic E-state index is 0.282. The molecule has 17 heavy (non-hydrogen) atoms. The number of rotatable bonds is 7. The van der Waals surface area contributed by atoms with E-state index in [1.165, 1.54) is 16.8 Å². The van der Waals surface area contributed by atoms with Crippen LogP contribution in [0.3, 0.4) is 0 Å². The lowest BCUT2D eigenvalue weighted by atomic mass is 10.2. The summed E-state index contributed by atoms with van der Waals surface area (Å²) in [6, 6.07) is -1.05. The number of hydrogen-bond donors (Lipinski definition) is 1. The zero-order valence-corrected chi connectivity index (χ0v) is 11.0. The molecule has 0 bridgehead atoms. The van der Waals surface area contributed by atoms with E-state index in [0.717, 1.165) is 6.42 Å². The van der Waals surface area contributed by atoms with E-state index >= 15 is 0 Å². The number of aliphatic carboxylic acids is 1. The molecular formula is C11H22N2O4. The Morgan fingerprint density at radius 2 is 1.94 bits per heavy atom. The van der Waals surface area contributed by atoms with E-state index < -0.39 is 12.0 Å². The van der Waals surface area contributed by atoms with Gasteiger partial charge in [0.2, 0.25) is 0 Å². The predicted octanol–water partition coefficient (Wildman–Crippen LogP) is 0.870. The Morgan fingerprint density at radius 3 is 2.35 bits per heavy atom. The van der Waals surface area contributed by atoms with Crippen LogP contribution < -0.4 is 0 Å². The lowest BCUT2D eigenvalue weighted by molar-refractivity contribution is -0.142. The SMILES string of the molecule is CCC(C(=O)O)N(C)C(=O)N(C)CCCOC. The van der Waals surface area contributed by atoms with Crippen LogP contribution in [0.2, 0.25) is 0 Å². The van der Waals surface area contributed by atoms with Crippen molar-refractivity contribution in [3.63, 3.8) is 0 Å². The molecule has 6 nitrogen and oxygen atoms in total. The molecular weight excluding hydrogens is 224 g/mol. The van der Waals surface area contributed by atoms with Crippen LogP contribution in [0.5, 0.6) is 0 Å². The Morgan fingerprint density at radius 1 is 1.35 bits per heavy atom. The molecule has 1 atom stereocenters. The molecule has 0 aliphatic carbocycles. The highest BCUT2D eigenvalue weighted by molar-refractivity contribution is 5.82. The number of carbonyl (C=O) groups is 2. The van der Waals surface area contributed by atoms with Crippen LogP contribution >= 0.6 is 0 Å². The number of methoxy groups -OCH3 is 1. The average molecular weight is 246 g/mol. The first kappa shape index (κ1) is 15.7. The topological polar surface area (TPSA) is 70.1 Å². The van der Waals surface area contributed by atoms with Gasteiger partial charge in [-0.05, 0) is 12.8 Å². The molecule has 0 aliphatic heterocycles. The van der Waals surface area contributed by atoms with E-state index in [0.29, 0.717) is 19.6 Å². The van der Waals surface area contributed by atoms with Crippen LogP contribution in [-0.4, -0.2) is 67.3 Å². The van der Waals surface area contributed by atoms with Crippen LogP contribution in [0, 0.1) is 0 Å². The standard InChI is InChI=1S/C11H22N2O4/c1-5-9(10(14)15)13(3)11(16)12(2)7-6-8-17-4/h9H,5-8H2,1-4H3,(H,14,15). The average Bonchev–Trinajstić information content (AvgIpc) is 2.28. The molecule has 0 heterocycles. The summed E-state index contributed by atoms with van der Waals surface area (Å²) in [6.45, 7) is 2.87. The van der Waals surface area contributed by atoms with Gasteiger partial charge in [-0.25, -0.2) is 9.59 Å². The number of carboxylic acids is 1. The highest BCUT2D eigenvalue weighted by atomic mass is 16.5. The second kappa shape index (κ2) is 7.89. The fourth-order valence-electron chi connectivity index (χ4n) is 1.56. The van der Waals surface area contributed by atoms with Crippen molar-refractivity contribution in [1.29, 1.82) is 0 Å². The van der Waals surface area contributed by atoms with Crippen molar-refractivity contribution in [2.75, 3.05) is 34.4 Å². The Hall–Kier alpha value is -1.30. The van der Waals surface area contributed by atoms with Crippen molar-refractivity contribution in [3.8, 4) is 0 Å². The third kappa shape index (κ3) is 5.04. The van der Waals surface area contributed by atoms with Gasteiger partial charge in [0.05, 0.1) is 0 Å². The van der Waals surface area contributed by atoms with E-state index in [-0.39, 0.29) is 6.03 Å². The van der Waals surface area contributed by atoms with Gasteiger partial charge in [0.25, 0.3) is 0 Å². The molecule has 0 saturated carbocycles. The maximum atomic E-state index is 11.9. The number of urea groups is 1. The number of nitrogens with zero attached hydrogens (tertiary/aromatic N) is 2. The molecule has 6 heteroatoms. The van der Waals surface area contributed by atoms with Crippen molar-refractivity contribution >= 4 is 12.0 Å². The van der Waals surface area contributed by atoms with Gasteiger partial charge in [0, 0.05) is 34.4 Å². The molecule has 0 aromatic heterocycles. The third-order valence-electron chi connectivity index (χ3n) is 2.61. The lowest BCUT2D eigenvalue weighted by Crippen LogP contribution is -2.47. The summed E-state index contributed by atoms with van der Waals surface area (Å²) in [7, 11) is 4.77. The van der Waals surface area contributed by atoms with Gasteiger partial charge in [0.15, 0.2) is 0 Å². The van der Waals surface area contributed by atoms with E-state index in [2.05, 4.69) is 0 Å². The van der Waals surface area contributed by atoms with Gasteiger partial charge in [-0.1, -0.05) is 6.92 Å². The highest BCUT2D eigenvalue weighted by Crippen LogP contribution is 2.05. The van der Waals surface area contributed by atoms with Gasteiger partial charge >= 0.3 is 12.0 Å². The molecule has 0 saturated heterocycles. The van der Waals surface area contributed by atoms with Gasteiger partial charge in [0.1, 0.15) is 6.04 Å². The van der Waals surface area contributed by atoms with Gasteiger partial charge in [-0.3, -0.25) is 0 Å². The highest BCUT2D eigenvalue weighted by Gasteiger charge is 2.26. The molecule has 2 amide bonds. The number of hydrogen-bond acceptors (Lipinski definition) is 3. The molecule has 0 radical (unpaired) electrons. The van der Waals surface area contributed by atoms with Crippen LogP contribution in [0.15, 0.2) is 0 Å². The largest absolute Gasteiger partial charge is 0.480 e. The van der Waals surface area contributed by atoms with E-state index in [4.69, 9.17) is 9.84 Å². The first-order valence-corrected chi connectivity index (χ1v) is 5.65. The maximum Gasteiger partial charge on any atom is 0.326 e. The number of amides is 2.